The molecular weight excluding hydrogens is 294 g/mol. The van der Waals surface area contributed by atoms with Crippen LogP contribution in [-0.2, 0) is 16.6 Å². The summed E-state index contributed by atoms with van der Waals surface area (Å²) in [5.74, 6) is 0. The van der Waals surface area contributed by atoms with Gasteiger partial charge in [-0.05, 0) is 33.0 Å². The van der Waals surface area contributed by atoms with Gasteiger partial charge in [0.25, 0.3) is 0 Å². The molecule has 20 heavy (non-hydrogen) atoms. The van der Waals surface area contributed by atoms with Crippen LogP contribution in [0.4, 0.5) is 0 Å². The maximum atomic E-state index is 12.4. The zero-order chi connectivity index (χ0) is 15.3. The van der Waals surface area contributed by atoms with Crippen molar-refractivity contribution in [1.82, 2.24) is 9.62 Å². The molecule has 0 bridgehead atoms. The number of nitrogens with two attached hydrogens (primary N) is 1. The number of nitrogens with zero attached hydrogens (tertiary/aromatic N) is 1. The molecule has 1 aromatic rings. The summed E-state index contributed by atoms with van der Waals surface area (Å²) < 4.78 is 27.5. The second kappa shape index (κ2) is 7.51. The van der Waals surface area contributed by atoms with Crippen molar-refractivity contribution in [1.29, 1.82) is 0 Å². The SMILES string of the molecule is CCN(CC)CC(C)NS(=O)(=O)c1cc(CN)sc1C. The monoisotopic (exact) mass is 319 g/mol. The molecule has 0 saturated carbocycles. The van der Waals surface area contributed by atoms with Gasteiger partial charge in [-0.3, -0.25) is 0 Å². The largest absolute Gasteiger partial charge is 0.326 e. The molecular formula is C13H25N3O2S2. The third kappa shape index (κ3) is 4.53. The van der Waals surface area contributed by atoms with Crippen molar-refractivity contribution in [3.63, 3.8) is 0 Å². The lowest BCUT2D eigenvalue weighted by atomic mass is 10.3. The minimum atomic E-state index is -3.46. The quantitative estimate of drug-likeness (QED) is 0.762. The molecule has 1 atom stereocenters. The topological polar surface area (TPSA) is 75.4 Å². The average molecular weight is 319 g/mol. The molecule has 1 rings (SSSR count). The van der Waals surface area contributed by atoms with E-state index >= 15 is 0 Å². The van der Waals surface area contributed by atoms with E-state index in [-0.39, 0.29) is 6.04 Å². The zero-order valence-electron chi connectivity index (χ0n) is 12.6. The molecule has 0 aliphatic heterocycles. The molecule has 0 saturated heterocycles. The second-order valence-corrected chi connectivity index (χ2v) is 7.87. The van der Waals surface area contributed by atoms with E-state index < -0.39 is 10.0 Å². The number of thiophene rings is 1. The van der Waals surface area contributed by atoms with Gasteiger partial charge in [-0.1, -0.05) is 13.8 Å². The Hall–Kier alpha value is -0.470. The molecule has 0 spiro atoms. The fourth-order valence-electron chi connectivity index (χ4n) is 2.13. The van der Waals surface area contributed by atoms with Crippen LogP contribution in [0, 0.1) is 6.92 Å². The fourth-order valence-corrected chi connectivity index (χ4v) is 4.88. The van der Waals surface area contributed by atoms with Gasteiger partial charge in [-0.25, -0.2) is 13.1 Å². The molecule has 0 amide bonds. The van der Waals surface area contributed by atoms with Crippen molar-refractivity contribution in [2.24, 2.45) is 5.73 Å². The van der Waals surface area contributed by atoms with Crippen molar-refractivity contribution in [3.8, 4) is 0 Å². The number of rotatable bonds is 8. The lowest BCUT2D eigenvalue weighted by Crippen LogP contribution is -2.41. The summed E-state index contributed by atoms with van der Waals surface area (Å²) in [5, 5.41) is 0. The van der Waals surface area contributed by atoms with Gasteiger partial charge >= 0.3 is 0 Å². The highest BCUT2D eigenvalue weighted by Gasteiger charge is 2.22. The average Bonchev–Trinajstić information content (AvgIpc) is 2.77. The lowest BCUT2D eigenvalue weighted by Gasteiger charge is -2.23. The maximum absolute atomic E-state index is 12.4. The Balaban J connectivity index is 2.81. The molecule has 116 valence electrons. The van der Waals surface area contributed by atoms with E-state index in [1.807, 2.05) is 13.8 Å². The number of nitrogens with one attached hydrogen (secondary N) is 1. The molecule has 3 N–H and O–H groups in total. The summed E-state index contributed by atoms with van der Waals surface area (Å²) in [6.45, 7) is 10.8. The van der Waals surface area contributed by atoms with Crippen LogP contribution in [-0.4, -0.2) is 39.0 Å². The molecule has 0 fully saturated rings. The van der Waals surface area contributed by atoms with E-state index in [1.165, 1.54) is 11.3 Å². The first-order valence-corrected chi connectivity index (χ1v) is 9.18. The summed E-state index contributed by atoms with van der Waals surface area (Å²) in [4.78, 5) is 4.22. The first-order chi connectivity index (χ1) is 9.33. The normalized spacial score (nSPS) is 13.9. The van der Waals surface area contributed by atoms with E-state index in [4.69, 9.17) is 5.73 Å². The van der Waals surface area contributed by atoms with E-state index in [1.54, 1.807) is 6.07 Å². The fraction of sp³-hybridized carbons (Fsp3) is 0.692. The molecule has 0 aliphatic rings. The second-order valence-electron chi connectivity index (χ2n) is 4.85. The number of aryl methyl sites for hydroxylation is 1. The van der Waals surface area contributed by atoms with Gasteiger partial charge in [0.1, 0.15) is 0 Å². The number of hydrogen-bond acceptors (Lipinski definition) is 5. The number of hydrogen-bond donors (Lipinski definition) is 2. The van der Waals surface area contributed by atoms with Crippen LogP contribution in [0.1, 0.15) is 30.5 Å². The predicted molar refractivity (Wildman–Crippen MR) is 84.5 cm³/mol. The van der Waals surface area contributed by atoms with Crippen molar-refractivity contribution in [2.45, 2.75) is 45.2 Å². The summed E-state index contributed by atoms with van der Waals surface area (Å²) in [6.07, 6.45) is 0. The van der Waals surface area contributed by atoms with Gasteiger partial charge in [0.2, 0.25) is 10.0 Å². The Bertz CT molecular complexity index is 522. The molecule has 0 aliphatic carbocycles. The van der Waals surface area contributed by atoms with Crippen molar-refractivity contribution in [3.05, 3.63) is 15.8 Å². The summed E-state index contributed by atoms with van der Waals surface area (Å²) in [7, 11) is -3.46. The van der Waals surface area contributed by atoms with E-state index in [9.17, 15) is 8.42 Å². The van der Waals surface area contributed by atoms with Crippen LogP contribution >= 0.6 is 11.3 Å². The lowest BCUT2D eigenvalue weighted by molar-refractivity contribution is 0.282. The van der Waals surface area contributed by atoms with Gasteiger partial charge in [0, 0.05) is 28.9 Å². The van der Waals surface area contributed by atoms with Gasteiger partial charge in [0.05, 0.1) is 4.90 Å². The third-order valence-electron chi connectivity index (χ3n) is 3.20. The first-order valence-electron chi connectivity index (χ1n) is 6.88. The van der Waals surface area contributed by atoms with Crippen LogP contribution in [0.25, 0.3) is 0 Å². The molecule has 1 heterocycles. The smallest absolute Gasteiger partial charge is 0.241 e. The highest BCUT2D eigenvalue weighted by molar-refractivity contribution is 7.89. The third-order valence-corrected chi connectivity index (χ3v) is 6.11. The Kier molecular flexibility index (Phi) is 6.60. The van der Waals surface area contributed by atoms with E-state index in [0.29, 0.717) is 18.0 Å². The van der Waals surface area contributed by atoms with Crippen LogP contribution in [0.3, 0.4) is 0 Å². The Morgan fingerprint density at radius 3 is 2.45 bits per heavy atom. The first kappa shape index (κ1) is 17.6. The van der Waals surface area contributed by atoms with Crippen molar-refractivity contribution in [2.75, 3.05) is 19.6 Å². The molecule has 0 aromatic carbocycles. The zero-order valence-corrected chi connectivity index (χ0v) is 14.3. The van der Waals surface area contributed by atoms with Crippen LogP contribution in [0.2, 0.25) is 0 Å². The minimum Gasteiger partial charge on any atom is -0.326 e. The predicted octanol–water partition coefficient (Wildman–Crippen LogP) is 1.52. The molecule has 1 unspecified atom stereocenters. The Morgan fingerprint density at radius 1 is 1.40 bits per heavy atom. The van der Waals surface area contributed by atoms with E-state index in [0.717, 1.165) is 22.8 Å². The van der Waals surface area contributed by atoms with Gasteiger partial charge in [0.15, 0.2) is 0 Å². The summed E-state index contributed by atoms with van der Waals surface area (Å²) in [6, 6.07) is 1.55. The highest BCUT2D eigenvalue weighted by Crippen LogP contribution is 2.25. The van der Waals surface area contributed by atoms with Crippen molar-refractivity contribution >= 4 is 21.4 Å². The van der Waals surface area contributed by atoms with Crippen molar-refractivity contribution < 1.29 is 8.42 Å². The Morgan fingerprint density at radius 2 is 2.00 bits per heavy atom. The van der Waals surface area contributed by atoms with Crippen LogP contribution in [0.5, 0.6) is 0 Å². The Labute approximate surface area is 126 Å². The van der Waals surface area contributed by atoms with Gasteiger partial charge in [-0.2, -0.15) is 0 Å². The van der Waals surface area contributed by atoms with Crippen LogP contribution < -0.4 is 10.5 Å². The summed E-state index contributed by atoms with van der Waals surface area (Å²) in [5.41, 5.74) is 5.57. The molecule has 5 nitrogen and oxygen atoms in total. The summed E-state index contributed by atoms with van der Waals surface area (Å²) >= 11 is 1.44. The van der Waals surface area contributed by atoms with Crippen LogP contribution in [0.15, 0.2) is 11.0 Å². The highest BCUT2D eigenvalue weighted by atomic mass is 32.2. The van der Waals surface area contributed by atoms with E-state index in [2.05, 4.69) is 23.5 Å². The molecule has 1 aromatic heterocycles. The standard InChI is InChI=1S/C13H25N3O2S2/c1-5-16(6-2)9-10(3)15-20(17,18)13-7-12(8-14)19-11(13)4/h7,10,15H,5-6,8-9,14H2,1-4H3. The minimum absolute atomic E-state index is 0.125. The van der Waals surface area contributed by atoms with Gasteiger partial charge < -0.3 is 10.6 Å². The number of likely N-dealkylation sites (N-methyl/N-ethyl adjacent to an activating group) is 1. The maximum Gasteiger partial charge on any atom is 0.241 e. The molecule has 0 radical (unpaired) electrons. The van der Waals surface area contributed by atoms with Gasteiger partial charge in [-0.15, -0.1) is 11.3 Å². The molecule has 7 heteroatoms. The number of sulfonamides is 1.